The number of benzene rings is 1. The van der Waals surface area contributed by atoms with Gasteiger partial charge >= 0.3 is 11.8 Å². The number of hydrogen-bond acceptors (Lipinski definition) is 7. The van der Waals surface area contributed by atoms with Crippen LogP contribution in [0.1, 0.15) is 39.3 Å². The van der Waals surface area contributed by atoms with Gasteiger partial charge in [-0.25, -0.2) is 28.0 Å². The van der Waals surface area contributed by atoms with Gasteiger partial charge in [0.25, 0.3) is 0 Å². The van der Waals surface area contributed by atoms with E-state index in [2.05, 4.69) is 15.4 Å². The third kappa shape index (κ3) is 6.01. The van der Waals surface area contributed by atoms with Gasteiger partial charge in [-0.2, -0.15) is 0 Å². The molecule has 11 nitrogen and oxygen atoms in total. The van der Waals surface area contributed by atoms with Crippen molar-refractivity contribution in [3.8, 4) is 0 Å². The SMILES string of the molecule is C[C@H](NC(=O)Cn1nc2c(N3CCN(C(=O)OC(C)(C)C)CC3)nccn2c1=O)c1ccc(Cl)c(F)c1. The topological polar surface area (TPSA) is 114 Å². The maximum absolute atomic E-state index is 13.8. The van der Waals surface area contributed by atoms with E-state index in [1.807, 2.05) is 25.7 Å². The minimum absolute atomic E-state index is 0.00537. The quantitative estimate of drug-likeness (QED) is 0.536. The van der Waals surface area contributed by atoms with Gasteiger partial charge in [0.1, 0.15) is 18.0 Å². The Morgan fingerprint density at radius 3 is 2.57 bits per heavy atom. The van der Waals surface area contributed by atoms with Crippen molar-refractivity contribution in [2.45, 2.75) is 45.9 Å². The van der Waals surface area contributed by atoms with Crippen molar-refractivity contribution in [1.82, 2.24) is 29.4 Å². The number of halogens is 2. The zero-order valence-corrected chi connectivity index (χ0v) is 21.8. The van der Waals surface area contributed by atoms with Gasteiger partial charge in [0.05, 0.1) is 11.1 Å². The lowest BCUT2D eigenvalue weighted by Crippen LogP contribution is -2.50. The summed E-state index contributed by atoms with van der Waals surface area (Å²) in [5.74, 6) is -0.565. The number of aromatic nitrogens is 4. The monoisotopic (exact) mass is 533 g/mol. The van der Waals surface area contributed by atoms with E-state index in [4.69, 9.17) is 16.3 Å². The van der Waals surface area contributed by atoms with Crippen LogP contribution in [0, 0.1) is 5.82 Å². The molecule has 0 unspecified atom stereocenters. The number of nitrogens with zero attached hydrogens (tertiary/aromatic N) is 6. The van der Waals surface area contributed by atoms with Crippen molar-refractivity contribution >= 4 is 35.1 Å². The summed E-state index contributed by atoms with van der Waals surface area (Å²) < 4.78 is 21.6. The second-order valence-electron chi connectivity index (χ2n) is 9.80. The highest BCUT2D eigenvalue weighted by molar-refractivity contribution is 6.30. The maximum atomic E-state index is 13.8. The Labute approximate surface area is 217 Å². The van der Waals surface area contributed by atoms with Gasteiger partial charge in [-0.15, -0.1) is 5.10 Å². The van der Waals surface area contributed by atoms with Gasteiger partial charge in [0, 0.05) is 38.6 Å². The molecule has 37 heavy (non-hydrogen) atoms. The number of carbonyl (C=O) groups is 2. The number of hydrogen-bond donors (Lipinski definition) is 1. The fourth-order valence-electron chi connectivity index (χ4n) is 3.98. The molecule has 1 aliphatic heterocycles. The van der Waals surface area contributed by atoms with Crippen LogP contribution in [0.25, 0.3) is 5.65 Å². The molecule has 0 saturated carbocycles. The van der Waals surface area contributed by atoms with Crippen LogP contribution in [0.3, 0.4) is 0 Å². The van der Waals surface area contributed by atoms with Crippen molar-refractivity contribution in [1.29, 1.82) is 0 Å². The normalized spacial score (nSPS) is 15.1. The van der Waals surface area contributed by atoms with Crippen LogP contribution in [0.15, 0.2) is 35.4 Å². The molecule has 0 radical (unpaired) electrons. The van der Waals surface area contributed by atoms with Gasteiger partial charge in [0.15, 0.2) is 5.82 Å². The number of ether oxygens (including phenoxy) is 1. The average molecular weight is 534 g/mol. The molecular weight excluding hydrogens is 505 g/mol. The number of carbonyl (C=O) groups excluding carboxylic acids is 2. The van der Waals surface area contributed by atoms with Gasteiger partial charge in [0.2, 0.25) is 11.6 Å². The molecule has 1 atom stereocenters. The molecule has 1 fully saturated rings. The van der Waals surface area contributed by atoms with Crippen LogP contribution >= 0.6 is 11.6 Å². The Bertz CT molecular complexity index is 1380. The molecule has 2 aromatic heterocycles. The first-order valence-corrected chi connectivity index (χ1v) is 12.2. The Morgan fingerprint density at radius 2 is 1.92 bits per heavy atom. The van der Waals surface area contributed by atoms with Crippen LogP contribution < -0.4 is 15.9 Å². The van der Waals surface area contributed by atoms with Crippen LogP contribution in [-0.2, 0) is 16.1 Å². The van der Waals surface area contributed by atoms with Crippen molar-refractivity contribution in [3.05, 3.63) is 57.5 Å². The van der Waals surface area contributed by atoms with Crippen molar-refractivity contribution in [3.63, 3.8) is 0 Å². The lowest BCUT2D eigenvalue weighted by Gasteiger charge is -2.36. The summed E-state index contributed by atoms with van der Waals surface area (Å²) in [7, 11) is 0. The molecular formula is C24H29ClFN7O4. The number of anilines is 1. The van der Waals surface area contributed by atoms with Gasteiger partial charge < -0.3 is 19.9 Å². The summed E-state index contributed by atoms with van der Waals surface area (Å²) >= 11 is 5.72. The second kappa shape index (κ2) is 10.4. The summed E-state index contributed by atoms with van der Waals surface area (Å²) in [6.07, 6.45) is 2.60. The van der Waals surface area contributed by atoms with Crippen LogP contribution in [0.5, 0.6) is 0 Å². The molecule has 1 aromatic carbocycles. The minimum atomic E-state index is -0.580. The van der Waals surface area contributed by atoms with Crippen LogP contribution in [-0.4, -0.2) is 67.8 Å². The number of amides is 2. The molecule has 2 amide bonds. The first-order valence-electron chi connectivity index (χ1n) is 11.8. The predicted molar refractivity (Wildman–Crippen MR) is 135 cm³/mol. The summed E-state index contributed by atoms with van der Waals surface area (Å²) in [6, 6.07) is 3.79. The molecule has 3 aromatic rings. The zero-order valence-electron chi connectivity index (χ0n) is 21.1. The molecule has 1 aliphatic rings. The van der Waals surface area contributed by atoms with Crippen molar-refractivity contribution < 1.29 is 18.7 Å². The van der Waals surface area contributed by atoms with Crippen LogP contribution in [0.2, 0.25) is 5.02 Å². The van der Waals surface area contributed by atoms with Gasteiger partial charge in [-0.1, -0.05) is 17.7 Å². The lowest BCUT2D eigenvalue weighted by molar-refractivity contribution is -0.122. The number of piperazine rings is 1. The molecule has 0 spiro atoms. The smallest absolute Gasteiger partial charge is 0.410 e. The Balaban J connectivity index is 1.45. The predicted octanol–water partition coefficient (Wildman–Crippen LogP) is 2.62. The van der Waals surface area contributed by atoms with E-state index in [1.54, 1.807) is 17.9 Å². The van der Waals surface area contributed by atoms with E-state index in [9.17, 15) is 18.8 Å². The number of rotatable bonds is 5. The molecule has 1 saturated heterocycles. The Kier molecular flexibility index (Phi) is 7.39. The summed E-state index contributed by atoms with van der Waals surface area (Å²) in [5.41, 5.74) is -0.232. The third-order valence-electron chi connectivity index (χ3n) is 5.83. The molecule has 1 N–H and O–H groups in total. The molecule has 198 valence electrons. The Hall–Kier alpha value is -3.67. The van der Waals surface area contributed by atoms with Crippen molar-refractivity contribution in [2.24, 2.45) is 0 Å². The lowest BCUT2D eigenvalue weighted by atomic mass is 10.1. The summed E-state index contributed by atoms with van der Waals surface area (Å²) in [6.45, 7) is 8.63. The van der Waals surface area contributed by atoms with E-state index in [1.165, 1.54) is 28.9 Å². The molecule has 13 heteroatoms. The second-order valence-corrected chi connectivity index (χ2v) is 10.2. The standard InChI is InChI=1S/C24H29ClFN7O4/c1-15(16-5-6-17(25)18(26)13-16)28-19(34)14-33-22(35)32-8-7-27-20(21(32)29-33)30-9-11-31(12-10-30)23(36)37-24(2,3)4/h5-8,13,15H,9-12,14H2,1-4H3,(H,28,34)/t15-/m0/s1. The zero-order chi connectivity index (χ0) is 26.9. The first kappa shape index (κ1) is 26.4. The third-order valence-corrected chi connectivity index (χ3v) is 6.14. The van der Waals surface area contributed by atoms with E-state index in [0.717, 1.165) is 4.68 Å². The van der Waals surface area contributed by atoms with Crippen LogP contribution in [0.4, 0.5) is 15.0 Å². The summed E-state index contributed by atoms with van der Waals surface area (Å²) in [4.78, 5) is 45.9. The van der Waals surface area contributed by atoms with Gasteiger partial charge in [-0.05, 0) is 45.4 Å². The van der Waals surface area contributed by atoms with E-state index in [0.29, 0.717) is 43.2 Å². The highest BCUT2D eigenvalue weighted by Crippen LogP contribution is 2.21. The summed E-state index contributed by atoms with van der Waals surface area (Å²) in [5, 5.41) is 7.09. The van der Waals surface area contributed by atoms with Gasteiger partial charge in [-0.3, -0.25) is 4.79 Å². The highest BCUT2D eigenvalue weighted by atomic mass is 35.5. The van der Waals surface area contributed by atoms with Crippen molar-refractivity contribution in [2.75, 3.05) is 31.1 Å². The van der Waals surface area contributed by atoms with E-state index < -0.39 is 29.1 Å². The van der Waals surface area contributed by atoms with E-state index >= 15 is 0 Å². The highest BCUT2D eigenvalue weighted by Gasteiger charge is 2.28. The average Bonchev–Trinajstić information content (AvgIpc) is 3.15. The number of nitrogens with one attached hydrogen (secondary N) is 1. The molecule has 4 rings (SSSR count). The number of fused-ring (bicyclic) bond motifs is 1. The first-order chi connectivity index (χ1) is 17.4. The fraction of sp³-hybridized carbons (Fsp3) is 0.458. The van der Waals surface area contributed by atoms with E-state index in [-0.39, 0.29) is 17.7 Å². The maximum Gasteiger partial charge on any atom is 0.410 e. The largest absolute Gasteiger partial charge is 0.444 e. The molecule has 0 aliphatic carbocycles. The molecule has 3 heterocycles. The minimum Gasteiger partial charge on any atom is -0.444 e. The Morgan fingerprint density at radius 1 is 1.22 bits per heavy atom. The fourth-order valence-corrected chi connectivity index (χ4v) is 4.09. The molecule has 0 bridgehead atoms.